The first-order chi connectivity index (χ1) is 8.23. The van der Waals surface area contributed by atoms with Crippen molar-refractivity contribution < 1.29 is 18.3 Å². The number of aliphatic carboxylic acids is 1. The Morgan fingerprint density at radius 3 is 2.50 bits per heavy atom. The molecular formula is C11H22N2O4S. The fourth-order valence-corrected chi connectivity index (χ4v) is 3.49. The molecule has 1 heterocycles. The van der Waals surface area contributed by atoms with Gasteiger partial charge >= 0.3 is 5.97 Å². The number of rotatable bonds is 6. The lowest BCUT2D eigenvalue weighted by atomic mass is 9.85. The zero-order valence-corrected chi connectivity index (χ0v) is 12.0. The number of carbonyl (C=O) groups is 1. The summed E-state index contributed by atoms with van der Waals surface area (Å²) in [5, 5.41) is 9.22. The van der Waals surface area contributed by atoms with Crippen LogP contribution in [0.3, 0.4) is 0 Å². The Labute approximate surface area is 109 Å². The van der Waals surface area contributed by atoms with Gasteiger partial charge in [-0.15, -0.1) is 0 Å². The lowest BCUT2D eigenvalue weighted by molar-refractivity contribution is -0.148. The molecule has 1 aliphatic heterocycles. The normalized spacial score (nSPS) is 25.8. The first-order valence-corrected chi connectivity index (χ1v) is 7.65. The van der Waals surface area contributed by atoms with Gasteiger partial charge in [0.25, 0.3) is 10.2 Å². The second-order valence-electron chi connectivity index (χ2n) is 5.27. The highest BCUT2D eigenvalue weighted by atomic mass is 32.2. The Hall–Kier alpha value is -0.660. The molecule has 2 N–H and O–H groups in total. The standard InChI is InChI=1S/C11H22N2O4S/c1-4-11(10(14)15)5-6-13(8-11)18(16,17)12-7-9(2)3/h9,12H,4-8H2,1-3H3,(H,14,15). The Bertz CT molecular complexity index is 407. The van der Waals surface area contributed by atoms with E-state index in [9.17, 15) is 18.3 Å². The highest BCUT2D eigenvalue weighted by Crippen LogP contribution is 2.35. The monoisotopic (exact) mass is 278 g/mol. The number of hydrogen-bond acceptors (Lipinski definition) is 3. The van der Waals surface area contributed by atoms with Crippen molar-refractivity contribution in [1.29, 1.82) is 0 Å². The zero-order valence-electron chi connectivity index (χ0n) is 11.1. The molecule has 18 heavy (non-hydrogen) atoms. The summed E-state index contributed by atoms with van der Waals surface area (Å²) in [5.74, 6) is -0.690. The molecule has 0 aliphatic carbocycles. The van der Waals surface area contributed by atoms with Gasteiger partial charge in [0.1, 0.15) is 0 Å². The largest absolute Gasteiger partial charge is 0.481 e. The minimum atomic E-state index is -3.55. The SMILES string of the molecule is CCC1(C(=O)O)CCN(S(=O)(=O)NCC(C)C)C1. The molecule has 0 aromatic carbocycles. The fourth-order valence-electron chi connectivity index (χ4n) is 2.02. The van der Waals surface area contributed by atoms with Gasteiger partial charge < -0.3 is 5.11 Å². The van der Waals surface area contributed by atoms with Gasteiger partial charge in [0.05, 0.1) is 5.41 Å². The van der Waals surface area contributed by atoms with E-state index < -0.39 is 21.6 Å². The van der Waals surface area contributed by atoms with Crippen molar-refractivity contribution in [2.45, 2.75) is 33.6 Å². The summed E-state index contributed by atoms with van der Waals surface area (Å²) < 4.78 is 27.7. The van der Waals surface area contributed by atoms with E-state index in [1.807, 2.05) is 13.8 Å². The van der Waals surface area contributed by atoms with E-state index in [0.717, 1.165) is 0 Å². The molecule has 1 rings (SSSR count). The van der Waals surface area contributed by atoms with Gasteiger partial charge in [-0.2, -0.15) is 12.7 Å². The van der Waals surface area contributed by atoms with Crippen LogP contribution in [0.2, 0.25) is 0 Å². The quantitative estimate of drug-likeness (QED) is 0.747. The molecule has 1 aliphatic rings. The summed E-state index contributed by atoms with van der Waals surface area (Å²) in [7, 11) is -3.55. The molecule has 6 nitrogen and oxygen atoms in total. The van der Waals surface area contributed by atoms with E-state index >= 15 is 0 Å². The van der Waals surface area contributed by atoms with Crippen molar-refractivity contribution in [1.82, 2.24) is 9.03 Å². The van der Waals surface area contributed by atoms with Gasteiger partial charge in [0.15, 0.2) is 0 Å². The fraction of sp³-hybridized carbons (Fsp3) is 0.909. The first kappa shape index (κ1) is 15.4. The predicted octanol–water partition coefficient (Wildman–Crippen LogP) is 0.664. The van der Waals surface area contributed by atoms with Crippen LogP contribution in [0.1, 0.15) is 33.6 Å². The summed E-state index contributed by atoms with van der Waals surface area (Å²) in [5.41, 5.74) is -0.924. The maximum absolute atomic E-state index is 12.0. The molecule has 0 aromatic heterocycles. The van der Waals surface area contributed by atoms with Crippen LogP contribution in [0.4, 0.5) is 0 Å². The summed E-state index contributed by atoms with van der Waals surface area (Å²) in [6.45, 7) is 6.32. The highest BCUT2D eigenvalue weighted by molar-refractivity contribution is 7.87. The maximum atomic E-state index is 12.0. The van der Waals surface area contributed by atoms with Gasteiger partial charge in [-0.3, -0.25) is 4.79 Å². The van der Waals surface area contributed by atoms with Gasteiger partial charge in [-0.1, -0.05) is 20.8 Å². The second-order valence-corrected chi connectivity index (χ2v) is 7.03. The Balaban J connectivity index is 2.74. The summed E-state index contributed by atoms with van der Waals surface area (Å²) in [6, 6.07) is 0. The van der Waals surface area contributed by atoms with Crippen LogP contribution in [-0.2, 0) is 15.0 Å². The van der Waals surface area contributed by atoms with Crippen LogP contribution in [0.15, 0.2) is 0 Å². The lowest BCUT2D eigenvalue weighted by Gasteiger charge is -2.23. The van der Waals surface area contributed by atoms with Crippen molar-refractivity contribution in [3.05, 3.63) is 0 Å². The zero-order chi connectivity index (χ0) is 14.0. The van der Waals surface area contributed by atoms with E-state index in [-0.39, 0.29) is 19.0 Å². The van der Waals surface area contributed by atoms with Crippen LogP contribution in [-0.4, -0.2) is 43.4 Å². The Morgan fingerprint density at radius 1 is 1.50 bits per heavy atom. The molecule has 0 saturated carbocycles. The number of carboxylic acid groups (broad SMARTS) is 1. The van der Waals surface area contributed by atoms with E-state index in [1.165, 1.54) is 4.31 Å². The number of hydrogen-bond donors (Lipinski definition) is 2. The minimum Gasteiger partial charge on any atom is -0.481 e. The molecule has 1 saturated heterocycles. The first-order valence-electron chi connectivity index (χ1n) is 6.21. The topological polar surface area (TPSA) is 86.7 Å². The maximum Gasteiger partial charge on any atom is 0.311 e. The molecule has 7 heteroatoms. The number of nitrogens with one attached hydrogen (secondary N) is 1. The van der Waals surface area contributed by atoms with E-state index in [4.69, 9.17) is 0 Å². The molecule has 1 atom stereocenters. The van der Waals surface area contributed by atoms with Crippen molar-refractivity contribution in [3.8, 4) is 0 Å². The highest BCUT2D eigenvalue weighted by Gasteiger charge is 2.46. The van der Waals surface area contributed by atoms with Crippen LogP contribution in [0.5, 0.6) is 0 Å². The van der Waals surface area contributed by atoms with Crippen LogP contribution in [0, 0.1) is 11.3 Å². The third-order valence-electron chi connectivity index (χ3n) is 3.46. The molecular weight excluding hydrogens is 256 g/mol. The summed E-state index contributed by atoms with van der Waals surface area (Å²) in [4.78, 5) is 11.3. The average molecular weight is 278 g/mol. The molecule has 0 spiro atoms. The molecule has 0 bridgehead atoms. The molecule has 1 unspecified atom stereocenters. The Morgan fingerprint density at radius 2 is 2.11 bits per heavy atom. The van der Waals surface area contributed by atoms with E-state index in [2.05, 4.69) is 4.72 Å². The smallest absolute Gasteiger partial charge is 0.311 e. The summed E-state index contributed by atoms with van der Waals surface area (Å²) in [6.07, 6.45) is 0.819. The van der Waals surface area contributed by atoms with Gasteiger partial charge in [0.2, 0.25) is 0 Å². The van der Waals surface area contributed by atoms with E-state index in [1.54, 1.807) is 6.92 Å². The molecule has 106 valence electrons. The van der Waals surface area contributed by atoms with Gasteiger partial charge in [0, 0.05) is 19.6 Å². The molecule has 1 fully saturated rings. The van der Waals surface area contributed by atoms with Crippen molar-refractivity contribution >= 4 is 16.2 Å². The Kier molecular flexibility index (Phi) is 4.74. The molecule has 0 aromatic rings. The second kappa shape index (κ2) is 5.54. The third-order valence-corrected chi connectivity index (χ3v) is 4.99. The van der Waals surface area contributed by atoms with Crippen LogP contribution in [0.25, 0.3) is 0 Å². The molecule has 0 amide bonds. The third kappa shape index (κ3) is 3.21. The average Bonchev–Trinajstić information content (AvgIpc) is 2.73. The van der Waals surface area contributed by atoms with Gasteiger partial charge in [-0.25, -0.2) is 4.72 Å². The van der Waals surface area contributed by atoms with Gasteiger partial charge in [-0.05, 0) is 18.8 Å². The number of nitrogens with zero attached hydrogens (tertiary/aromatic N) is 1. The van der Waals surface area contributed by atoms with Crippen molar-refractivity contribution in [3.63, 3.8) is 0 Å². The lowest BCUT2D eigenvalue weighted by Crippen LogP contribution is -2.43. The number of carboxylic acids is 1. The summed E-state index contributed by atoms with van der Waals surface area (Å²) >= 11 is 0. The van der Waals surface area contributed by atoms with Crippen molar-refractivity contribution in [2.24, 2.45) is 11.3 Å². The van der Waals surface area contributed by atoms with Crippen molar-refractivity contribution in [2.75, 3.05) is 19.6 Å². The predicted molar refractivity (Wildman–Crippen MR) is 68.3 cm³/mol. The van der Waals surface area contributed by atoms with Crippen LogP contribution < -0.4 is 4.72 Å². The molecule has 0 radical (unpaired) electrons. The van der Waals surface area contributed by atoms with Crippen LogP contribution >= 0.6 is 0 Å². The minimum absolute atomic E-state index is 0.0618. The van der Waals surface area contributed by atoms with E-state index in [0.29, 0.717) is 19.4 Å².